The van der Waals surface area contributed by atoms with Gasteiger partial charge in [-0.15, -0.1) is 0 Å². The summed E-state index contributed by atoms with van der Waals surface area (Å²) in [5.74, 6) is -1.97. The molecule has 0 saturated carbocycles. The molecular formula is C27H22F3NO6S. The van der Waals surface area contributed by atoms with Crippen LogP contribution in [-0.2, 0) is 10.0 Å². The molecule has 11 heteroatoms. The highest BCUT2D eigenvalue weighted by atomic mass is 32.2. The zero-order valence-electron chi connectivity index (χ0n) is 20.2. The Morgan fingerprint density at radius 2 is 1.71 bits per heavy atom. The van der Waals surface area contributed by atoms with Crippen LogP contribution in [0.4, 0.5) is 18.9 Å². The molecule has 0 spiro atoms. The Balaban J connectivity index is 2.11. The number of benzene rings is 3. The topological polar surface area (TPSA) is 105 Å². The van der Waals surface area contributed by atoms with Crippen LogP contribution < -0.4 is 4.31 Å². The third-order valence-corrected chi connectivity index (χ3v) is 7.05. The van der Waals surface area contributed by atoms with Gasteiger partial charge in [-0.05, 0) is 48.0 Å². The normalized spacial score (nSPS) is 11.7. The molecule has 3 aromatic carbocycles. The van der Waals surface area contributed by atoms with Crippen molar-refractivity contribution in [1.82, 2.24) is 0 Å². The molecule has 0 aliphatic heterocycles. The van der Waals surface area contributed by atoms with Gasteiger partial charge in [-0.1, -0.05) is 19.1 Å². The van der Waals surface area contributed by atoms with Crippen LogP contribution in [0, 0.1) is 5.82 Å². The van der Waals surface area contributed by atoms with Crippen molar-refractivity contribution in [3.05, 3.63) is 77.6 Å². The molecule has 1 aromatic heterocycles. The Hall–Kier alpha value is -4.12. The lowest BCUT2D eigenvalue weighted by Gasteiger charge is -2.25. The lowest BCUT2D eigenvalue weighted by atomic mass is 9.95. The van der Waals surface area contributed by atoms with Gasteiger partial charge in [0.05, 0.1) is 29.6 Å². The molecule has 0 fully saturated rings. The molecule has 0 aliphatic rings. The molecule has 38 heavy (non-hydrogen) atoms. The first-order valence-electron chi connectivity index (χ1n) is 11.4. The van der Waals surface area contributed by atoms with E-state index in [1.807, 2.05) is 0 Å². The van der Waals surface area contributed by atoms with E-state index in [4.69, 9.17) is 4.42 Å². The van der Waals surface area contributed by atoms with Gasteiger partial charge in [0, 0.05) is 29.0 Å². The first-order chi connectivity index (χ1) is 17.9. The summed E-state index contributed by atoms with van der Waals surface area (Å²) in [6.45, 7) is 0.470. The molecule has 0 atom stereocenters. The zero-order valence-corrected chi connectivity index (χ0v) is 21.1. The van der Waals surface area contributed by atoms with Gasteiger partial charge in [-0.3, -0.25) is 9.10 Å². The molecule has 0 bridgehead atoms. The lowest BCUT2D eigenvalue weighted by Crippen LogP contribution is -2.34. The predicted octanol–water partition coefficient (Wildman–Crippen LogP) is 6.23. The number of carboxylic acid groups (broad SMARTS) is 1. The number of rotatable bonds is 9. The number of hydrogen-bond acceptors (Lipinski definition) is 5. The number of aromatic carboxylic acids is 1. The Labute approximate surface area is 216 Å². The van der Waals surface area contributed by atoms with Crippen molar-refractivity contribution in [2.45, 2.75) is 19.8 Å². The molecule has 1 heterocycles. The fraction of sp³-hybridized carbons (Fsp3) is 0.185. The van der Waals surface area contributed by atoms with Crippen molar-refractivity contribution in [1.29, 1.82) is 0 Å². The average Bonchev–Trinajstić information content (AvgIpc) is 3.24. The van der Waals surface area contributed by atoms with Crippen molar-refractivity contribution in [3.8, 4) is 22.5 Å². The highest BCUT2D eigenvalue weighted by Gasteiger charge is 2.29. The minimum Gasteiger partial charge on any atom is -0.478 e. The van der Waals surface area contributed by atoms with Crippen molar-refractivity contribution in [2.24, 2.45) is 0 Å². The van der Waals surface area contributed by atoms with Gasteiger partial charge in [0.1, 0.15) is 17.2 Å². The van der Waals surface area contributed by atoms with Crippen LogP contribution in [0.5, 0.6) is 0 Å². The van der Waals surface area contributed by atoms with E-state index in [1.54, 1.807) is 6.92 Å². The molecule has 0 aliphatic carbocycles. The van der Waals surface area contributed by atoms with E-state index < -0.39 is 34.8 Å². The molecule has 4 rings (SSSR count). The number of carbonyl (C=O) groups is 2. The maximum atomic E-state index is 13.6. The third-order valence-electron chi connectivity index (χ3n) is 5.91. The molecule has 7 nitrogen and oxygen atoms in total. The maximum absolute atomic E-state index is 13.6. The molecule has 0 unspecified atom stereocenters. The maximum Gasteiger partial charge on any atom is 0.335 e. The summed E-state index contributed by atoms with van der Waals surface area (Å²) in [4.78, 5) is 24.6. The number of halogens is 3. The molecule has 198 valence electrons. The number of nitrogens with zero attached hydrogens (tertiary/aromatic N) is 1. The van der Waals surface area contributed by atoms with E-state index >= 15 is 0 Å². The summed E-state index contributed by atoms with van der Waals surface area (Å²) in [6.07, 6.45) is -2.17. The number of ketones is 1. The van der Waals surface area contributed by atoms with Crippen LogP contribution in [0.2, 0.25) is 0 Å². The molecule has 0 saturated heterocycles. The Morgan fingerprint density at radius 3 is 2.29 bits per heavy atom. The smallest absolute Gasteiger partial charge is 0.335 e. The van der Waals surface area contributed by atoms with E-state index in [0.717, 1.165) is 6.26 Å². The summed E-state index contributed by atoms with van der Waals surface area (Å²) in [7, 11) is -4.23. The van der Waals surface area contributed by atoms with Crippen molar-refractivity contribution >= 4 is 38.4 Å². The second-order valence-corrected chi connectivity index (χ2v) is 10.4. The number of furan rings is 1. The molecule has 0 amide bonds. The Kier molecular flexibility index (Phi) is 7.32. The summed E-state index contributed by atoms with van der Waals surface area (Å²) in [5, 5.41) is 9.73. The van der Waals surface area contributed by atoms with E-state index in [9.17, 15) is 36.3 Å². The Morgan fingerprint density at radius 1 is 1.03 bits per heavy atom. The highest BCUT2D eigenvalue weighted by Crippen LogP contribution is 2.42. The van der Waals surface area contributed by atoms with E-state index in [1.165, 1.54) is 60.7 Å². The van der Waals surface area contributed by atoms with E-state index in [2.05, 4.69) is 0 Å². The van der Waals surface area contributed by atoms with Gasteiger partial charge in [0.2, 0.25) is 10.0 Å². The van der Waals surface area contributed by atoms with Crippen molar-refractivity contribution < 1.29 is 40.7 Å². The van der Waals surface area contributed by atoms with Crippen LogP contribution >= 0.6 is 0 Å². The van der Waals surface area contributed by atoms with Crippen molar-refractivity contribution in [3.63, 3.8) is 0 Å². The van der Waals surface area contributed by atoms with Crippen LogP contribution in [0.25, 0.3) is 33.4 Å². The summed E-state index contributed by atoms with van der Waals surface area (Å²) in [5.41, 5.74) is 0.596. The second kappa shape index (κ2) is 10.3. The monoisotopic (exact) mass is 545 g/mol. The average molecular weight is 546 g/mol. The number of alkyl halides is 2. The zero-order chi connectivity index (χ0) is 27.8. The summed E-state index contributed by atoms with van der Waals surface area (Å²) >= 11 is 0. The van der Waals surface area contributed by atoms with Gasteiger partial charge in [0.25, 0.3) is 6.43 Å². The number of anilines is 1. The van der Waals surface area contributed by atoms with Crippen LogP contribution in [0.3, 0.4) is 0 Å². The first kappa shape index (κ1) is 26.9. The minimum atomic E-state index is -4.23. The fourth-order valence-electron chi connectivity index (χ4n) is 4.19. The summed E-state index contributed by atoms with van der Waals surface area (Å²) < 4.78 is 72.3. The van der Waals surface area contributed by atoms with Gasteiger partial charge >= 0.3 is 5.97 Å². The molecule has 4 aromatic rings. The quantitative estimate of drug-likeness (QED) is 0.250. The van der Waals surface area contributed by atoms with Crippen LogP contribution in [0.1, 0.15) is 34.1 Å². The van der Waals surface area contributed by atoms with Gasteiger partial charge < -0.3 is 9.52 Å². The van der Waals surface area contributed by atoms with Gasteiger partial charge in [0.15, 0.2) is 5.78 Å². The fourth-order valence-corrected chi connectivity index (χ4v) is 5.08. The number of carbonyl (C=O) groups excluding carboxylic acids is 1. The largest absolute Gasteiger partial charge is 0.478 e. The SMILES string of the molecule is CCC(=O)c1c(-c2ccc(F)cc2)oc2cc(N(CC(F)F)S(C)(=O)=O)c(-c3cccc(C(=O)O)c3)cc12. The number of hydrogen-bond donors (Lipinski definition) is 1. The van der Waals surface area contributed by atoms with Gasteiger partial charge in [-0.2, -0.15) is 0 Å². The Bertz CT molecular complexity index is 1650. The van der Waals surface area contributed by atoms with Crippen molar-refractivity contribution in [2.75, 3.05) is 17.1 Å². The highest BCUT2D eigenvalue weighted by molar-refractivity contribution is 7.92. The first-order valence-corrected chi connectivity index (χ1v) is 13.2. The molecule has 1 N–H and O–H groups in total. The lowest BCUT2D eigenvalue weighted by molar-refractivity contribution is 0.0696. The number of carboxylic acids is 1. The van der Waals surface area contributed by atoms with E-state index in [0.29, 0.717) is 9.87 Å². The third kappa shape index (κ3) is 5.28. The number of Topliss-reactive ketones (excluding diaryl/α,β-unsaturated/α-hetero) is 1. The minimum absolute atomic E-state index is 0.0391. The molecular weight excluding hydrogens is 523 g/mol. The van der Waals surface area contributed by atoms with Crippen LogP contribution in [0.15, 0.2) is 65.1 Å². The van der Waals surface area contributed by atoms with Crippen LogP contribution in [-0.4, -0.2) is 44.5 Å². The number of fused-ring (bicyclic) bond motifs is 1. The summed E-state index contributed by atoms with van der Waals surface area (Å²) in [6, 6.07) is 13.4. The van der Waals surface area contributed by atoms with Gasteiger partial charge in [-0.25, -0.2) is 26.4 Å². The van der Waals surface area contributed by atoms with E-state index in [-0.39, 0.29) is 56.9 Å². The molecule has 0 radical (unpaired) electrons. The predicted molar refractivity (Wildman–Crippen MR) is 137 cm³/mol. The second-order valence-electron chi connectivity index (χ2n) is 8.53. The standard InChI is InChI=1S/C27H22F3NO6S/c1-3-22(32)25-20-12-19(16-5-4-6-17(11-16)27(33)34)21(31(14-24(29)30)38(2,35)36)13-23(20)37-26(25)15-7-9-18(28)10-8-15/h4-13,24H,3,14H2,1-2H3,(H,33,34). The number of sulfonamides is 1.